The number of hydrogen-bond donors (Lipinski definition) is 2. The summed E-state index contributed by atoms with van der Waals surface area (Å²) in [6.07, 6.45) is -0.531. The average molecular weight is 306 g/mol. The molecular weight excluding hydrogens is 286 g/mol. The van der Waals surface area contributed by atoms with Crippen molar-refractivity contribution in [1.29, 1.82) is 0 Å². The normalized spacial score (nSPS) is 12.3. The summed E-state index contributed by atoms with van der Waals surface area (Å²) >= 11 is 6.04. The SMILES string of the molecule is OC(CNCc1ccccc1)COCc1ccccc1Cl. The fraction of sp³-hybridized carbons (Fsp3) is 0.294. The zero-order valence-corrected chi connectivity index (χ0v) is 12.6. The predicted molar refractivity (Wildman–Crippen MR) is 85.3 cm³/mol. The van der Waals surface area contributed by atoms with E-state index in [1.807, 2.05) is 54.6 Å². The van der Waals surface area contributed by atoms with Crippen molar-refractivity contribution in [1.82, 2.24) is 5.32 Å². The lowest BCUT2D eigenvalue weighted by atomic mass is 10.2. The topological polar surface area (TPSA) is 41.5 Å². The number of aliphatic hydroxyl groups is 1. The van der Waals surface area contributed by atoms with E-state index in [-0.39, 0.29) is 6.61 Å². The van der Waals surface area contributed by atoms with E-state index < -0.39 is 6.10 Å². The molecule has 0 fully saturated rings. The van der Waals surface area contributed by atoms with Crippen LogP contribution in [0.15, 0.2) is 54.6 Å². The molecule has 0 saturated carbocycles. The summed E-state index contributed by atoms with van der Waals surface area (Å²) in [5.74, 6) is 0. The molecule has 0 aliphatic carbocycles. The van der Waals surface area contributed by atoms with Gasteiger partial charge in [0.2, 0.25) is 0 Å². The third-order valence-corrected chi connectivity index (χ3v) is 3.45. The third-order valence-electron chi connectivity index (χ3n) is 3.08. The molecule has 0 radical (unpaired) electrons. The number of halogens is 1. The van der Waals surface area contributed by atoms with Crippen LogP contribution in [-0.4, -0.2) is 24.4 Å². The molecule has 0 aromatic heterocycles. The first kappa shape index (κ1) is 16.0. The highest BCUT2D eigenvalue weighted by molar-refractivity contribution is 6.31. The van der Waals surface area contributed by atoms with Crippen LogP contribution in [-0.2, 0) is 17.9 Å². The van der Waals surface area contributed by atoms with E-state index in [1.54, 1.807) is 0 Å². The summed E-state index contributed by atoms with van der Waals surface area (Å²) in [4.78, 5) is 0. The van der Waals surface area contributed by atoms with Crippen LogP contribution in [0.4, 0.5) is 0 Å². The largest absolute Gasteiger partial charge is 0.389 e. The zero-order valence-electron chi connectivity index (χ0n) is 11.8. The lowest BCUT2D eigenvalue weighted by Gasteiger charge is -2.13. The molecule has 0 saturated heterocycles. The molecule has 21 heavy (non-hydrogen) atoms. The summed E-state index contributed by atoms with van der Waals surface area (Å²) in [6, 6.07) is 17.6. The molecule has 0 amide bonds. The number of benzene rings is 2. The van der Waals surface area contributed by atoms with E-state index in [0.29, 0.717) is 18.2 Å². The standard InChI is InChI=1S/C17H20ClNO2/c18-17-9-5-4-8-15(17)12-21-13-16(20)11-19-10-14-6-2-1-3-7-14/h1-9,16,19-20H,10-13H2. The van der Waals surface area contributed by atoms with Crippen molar-refractivity contribution in [3.63, 3.8) is 0 Å². The maximum Gasteiger partial charge on any atom is 0.0897 e. The molecule has 3 nitrogen and oxygen atoms in total. The summed E-state index contributed by atoms with van der Waals surface area (Å²) in [6.45, 7) is 1.93. The van der Waals surface area contributed by atoms with Crippen molar-refractivity contribution in [2.24, 2.45) is 0 Å². The lowest BCUT2D eigenvalue weighted by molar-refractivity contribution is 0.0287. The summed E-state index contributed by atoms with van der Waals surface area (Å²) in [5.41, 5.74) is 2.13. The van der Waals surface area contributed by atoms with Gasteiger partial charge in [0.1, 0.15) is 0 Å². The second kappa shape index (κ2) is 8.80. The zero-order chi connectivity index (χ0) is 14.9. The highest BCUT2D eigenvalue weighted by Gasteiger charge is 2.05. The Morgan fingerprint density at radius 3 is 2.52 bits per heavy atom. The molecule has 4 heteroatoms. The number of ether oxygens (including phenoxy) is 1. The second-order valence-electron chi connectivity index (χ2n) is 4.88. The number of rotatable bonds is 8. The van der Waals surface area contributed by atoms with Crippen LogP contribution in [0.3, 0.4) is 0 Å². The molecule has 2 rings (SSSR count). The molecule has 1 atom stereocenters. The summed E-state index contributed by atoms with van der Waals surface area (Å²) in [5, 5.41) is 13.7. The van der Waals surface area contributed by atoms with Gasteiger partial charge in [-0.2, -0.15) is 0 Å². The Hall–Kier alpha value is -1.39. The highest BCUT2D eigenvalue weighted by atomic mass is 35.5. The Kier molecular flexibility index (Phi) is 6.70. The second-order valence-corrected chi connectivity index (χ2v) is 5.28. The first-order valence-electron chi connectivity index (χ1n) is 6.99. The molecule has 2 N–H and O–H groups in total. The predicted octanol–water partition coefficient (Wildman–Crippen LogP) is 3.01. The molecule has 0 aliphatic heterocycles. The van der Waals surface area contributed by atoms with E-state index in [4.69, 9.17) is 16.3 Å². The minimum Gasteiger partial charge on any atom is -0.389 e. The van der Waals surface area contributed by atoms with E-state index in [2.05, 4.69) is 5.32 Å². The minimum atomic E-state index is -0.531. The van der Waals surface area contributed by atoms with Crippen molar-refractivity contribution in [3.8, 4) is 0 Å². The van der Waals surface area contributed by atoms with Crippen molar-refractivity contribution in [2.75, 3.05) is 13.2 Å². The lowest BCUT2D eigenvalue weighted by Crippen LogP contribution is -2.30. The Labute approximate surface area is 130 Å². The van der Waals surface area contributed by atoms with Crippen molar-refractivity contribution in [3.05, 3.63) is 70.7 Å². The molecule has 0 heterocycles. The molecule has 0 bridgehead atoms. The molecule has 112 valence electrons. The van der Waals surface area contributed by atoms with Gasteiger partial charge in [0.15, 0.2) is 0 Å². The van der Waals surface area contributed by atoms with Gasteiger partial charge < -0.3 is 15.2 Å². The van der Waals surface area contributed by atoms with Gasteiger partial charge in [-0.1, -0.05) is 60.1 Å². The van der Waals surface area contributed by atoms with Gasteiger partial charge in [-0.15, -0.1) is 0 Å². The van der Waals surface area contributed by atoms with Crippen LogP contribution in [0.25, 0.3) is 0 Å². The van der Waals surface area contributed by atoms with E-state index >= 15 is 0 Å². The van der Waals surface area contributed by atoms with Gasteiger partial charge in [0.25, 0.3) is 0 Å². The minimum absolute atomic E-state index is 0.285. The molecule has 0 aliphatic rings. The van der Waals surface area contributed by atoms with Crippen molar-refractivity contribution in [2.45, 2.75) is 19.3 Å². The van der Waals surface area contributed by atoms with Crippen molar-refractivity contribution >= 4 is 11.6 Å². The highest BCUT2D eigenvalue weighted by Crippen LogP contribution is 2.15. The first-order chi connectivity index (χ1) is 10.3. The van der Waals surface area contributed by atoms with Crippen LogP contribution < -0.4 is 5.32 Å². The Morgan fingerprint density at radius 2 is 1.76 bits per heavy atom. The van der Waals surface area contributed by atoms with Crippen LogP contribution in [0.2, 0.25) is 5.02 Å². The molecule has 0 spiro atoms. The van der Waals surface area contributed by atoms with Gasteiger partial charge in [0, 0.05) is 18.1 Å². The van der Waals surface area contributed by atoms with Gasteiger partial charge >= 0.3 is 0 Å². The maximum absolute atomic E-state index is 9.85. The van der Waals surface area contributed by atoms with Gasteiger partial charge in [-0.25, -0.2) is 0 Å². The number of hydrogen-bond acceptors (Lipinski definition) is 3. The van der Waals surface area contributed by atoms with E-state index in [9.17, 15) is 5.11 Å². The van der Waals surface area contributed by atoms with Crippen LogP contribution in [0.5, 0.6) is 0 Å². The Morgan fingerprint density at radius 1 is 1.05 bits per heavy atom. The molecular formula is C17H20ClNO2. The average Bonchev–Trinajstić information content (AvgIpc) is 2.50. The van der Waals surface area contributed by atoms with Crippen LogP contribution in [0, 0.1) is 0 Å². The first-order valence-corrected chi connectivity index (χ1v) is 7.37. The molecule has 2 aromatic carbocycles. The molecule has 2 aromatic rings. The Balaban J connectivity index is 1.62. The maximum atomic E-state index is 9.85. The van der Waals surface area contributed by atoms with Crippen LogP contribution >= 0.6 is 11.6 Å². The monoisotopic (exact) mass is 305 g/mol. The van der Waals surface area contributed by atoms with Gasteiger partial charge in [-0.3, -0.25) is 0 Å². The summed E-state index contributed by atoms with van der Waals surface area (Å²) in [7, 11) is 0. The fourth-order valence-electron chi connectivity index (χ4n) is 1.96. The van der Waals surface area contributed by atoms with Crippen molar-refractivity contribution < 1.29 is 9.84 Å². The molecule has 1 unspecified atom stereocenters. The number of aliphatic hydroxyl groups excluding tert-OH is 1. The third kappa shape index (κ3) is 5.86. The number of nitrogens with one attached hydrogen (secondary N) is 1. The van der Waals surface area contributed by atoms with Gasteiger partial charge in [0.05, 0.1) is 19.3 Å². The smallest absolute Gasteiger partial charge is 0.0897 e. The quantitative estimate of drug-likeness (QED) is 0.788. The summed E-state index contributed by atoms with van der Waals surface area (Å²) < 4.78 is 5.49. The van der Waals surface area contributed by atoms with Crippen LogP contribution in [0.1, 0.15) is 11.1 Å². The fourth-order valence-corrected chi connectivity index (χ4v) is 2.15. The van der Waals surface area contributed by atoms with Gasteiger partial charge in [-0.05, 0) is 17.2 Å². The Bertz CT molecular complexity index is 533. The van der Waals surface area contributed by atoms with E-state index in [1.165, 1.54) is 5.56 Å². The van der Waals surface area contributed by atoms with E-state index in [0.717, 1.165) is 12.1 Å².